The third-order valence-electron chi connectivity index (χ3n) is 1.15. The molecule has 0 amide bonds. The van der Waals surface area contributed by atoms with Gasteiger partial charge in [-0.3, -0.25) is 10.4 Å². The van der Waals surface area contributed by atoms with E-state index >= 15 is 0 Å². The lowest BCUT2D eigenvalue weighted by atomic mass is 10.3. The quantitative estimate of drug-likeness (QED) is 0.463. The molecule has 0 spiro atoms. The van der Waals surface area contributed by atoms with Crippen LogP contribution >= 0.6 is 0 Å². The monoisotopic (exact) mass is 136 g/mol. The predicted molar refractivity (Wildman–Crippen MR) is 38.1 cm³/mol. The van der Waals surface area contributed by atoms with Gasteiger partial charge in [0.1, 0.15) is 0 Å². The van der Waals surface area contributed by atoms with Crippen molar-refractivity contribution in [2.45, 2.75) is 0 Å². The van der Waals surface area contributed by atoms with Gasteiger partial charge in [0, 0.05) is 18.0 Å². The summed E-state index contributed by atoms with van der Waals surface area (Å²) in [4.78, 5) is 3.81. The minimum Gasteiger partial charge on any atom is -0.481 e. The van der Waals surface area contributed by atoms with Gasteiger partial charge in [0.25, 0.3) is 0 Å². The lowest BCUT2D eigenvalue weighted by Crippen LogP contribution is -2.00. The third kappa shape index (κ3) is 1.31. The fourth-order valence-corrected chi connectivity index (χ4v) is 0.621. The Bertz CT molecular complexity index is 220. The van der Waals surface area contributed by atoms with E-state index in [0.717, 1.165) is 5.56 Å². The normalized spacial score (nSPS) is 8.90. The number of nitrogens with one attached hydrogen (secondary N) is 1. The highest BCUT2D eigenvalue weighted by molar-refractivity contribution is 5.91. The molecule has 0 aliphatic rings. The Morgan fingerprint density at radius 3 is 2.60 bits per heavy atom. The van der Waals surface area contributed by atoms with Gasteiger partial charge in [0.05, 0.1) is 7.11 Å². The largest absolute Gasteiger partial charge is 0.481 e. The lowest BCUT2D eigenvalue weighted by molar-refractivity contribution is 0.401. The maximum Gasteiger partial charge on any atom is 0.213 e. The molecule has 0 atom stereocenters. The topological polar surface area (TPSA) is 46.0 Å². The van der Waals surface area contributed by atoms with Crippen LogP contribution in [0.2, 0.25) is 0 Å². The van der Waals surface area contributed by atoms with Gasteiger partial charge >= 0.3 is 0 Å². The molecule has 52 valence electrons. The third-order valence-corrected chi connectivity index (χ3v) is 1.15. The minimum absolute atomic E-state index is 0.169. The highest BCUT2D eigenvalue weighted by Crippen LogP contribution is 1.96. The van der Waals surface area contributed by atoms with Gasteiger partial charge in [-0.25, -0.2) is 0 Å². The fourth-order valence-electron chi connectivity index (χ4n) is 0.621. The summed E-state index contributed by atoms with van der Waals surface area (Å²) in [5.41, 5.74) is 0.748. The molecule has 1 rings (SSSR count). The van der Waals surface area contributed by atoms with Crippen molar-refractivity contribution < 1.29 is 4.74 Å². The van der Waals surface area contributed by atoms with Crippen LogP contribution in [0, 0.1) is 5.41 Å². The number of ether oxygens (including phenoxy) is 1. The molecule has 1 aromatic rings. The highest BCUT2D eigenvalue weighted by Gasteiger charge is 1.96. The second-order valence-electron chi connectivity index (χ2n) is 1.77. The molecule has 0 aliphatic carbocycles. The summed E-state index contributed by atoms with van der Waals surface area (Å²) in [6.45, 7) is 0. The van der Waals surface area contributed by atoms with E-state index in [0.29, 0.717) is 0 Å². The average Bonchev–Trinajstić information content (AvgIpc) is 2.05. The Morgan fingerprint density at radius 2 is 2.10 bits per heavy atom. The average molecular weight is 136 g/mol. The maximum absolute atomic E-state index is 7.23. The van der Waals surface area contributed by atoms with Gasteiger partial charge in [0.2, 0.25) is 5.90 Å². The Hall–Kier alpha value is -1.38. The molecular weight excluding hydrogens is 128 g/mol. The second-order valence-corrected chi connectivity index (χ2v) is 1.77. The number of hydrogen-bond acceptors (Lipinski definition) is 3. The fraction of sp³-hybridized carbons (Fsp3) is 0.143. The smallest absolute Gasteiger partial charge is 0.213 e. The Balaban J connectivity index is 2.85. The van der Waals surface area contributed by atoms with Crippen molar-refractivity contribution in [3.05, 3.63) is 30.1 Å². The van der Waals surface area contributed by atoms with E-state index in [9.17, 15) is 0 Å². The Morgan fingerprint density at radius 1 is 1.50 bits per heavy atom. The molecule has 1 heterocycles. The maximum atomic E-state index is 7.23. The zero-order valence-electron chi connectivity index (χ0n) is 5.66. The van der Waals surface area contributed by atoms with Gasteiger partial charge in [-0.15, -0.1) is 0 Å². The van der Waals surface area contributed by atoms with Crippen molar-refractivity contribution in [1.82, 2.24) is 4.98 Å². The van der Waals surface area contributed by atoms with Crippen molar-refractivity contribution in [3.8, 4) is 0 Å². The highest BCUT2D eigenvalue weighted by atomic mass is 16.5. The van der Waals surface area contributed by atoms with Gasteiger partial charge < -0.3 is 4.74 Å². The molecule has 0 bridgehead atoms. The van der Waals surface area contributed by atoms with Crippen molar-refractivity contribution in [1.29, 1.82) is 5.41 Å². The summed E-state index contributed by atoms with van der Waals surface area (Å²) < 4.78 is 4.69. The van der Waals surface area contributed by atoms with Gasteiger partial charge in [-0.05, 0) is 12.1 Å². The first-order valence-electron chi connectivity index (χ1n) is 2.87. The van der Waals surface area contributed by atoms with Crippen LogP contribution in [0.1, 0.15) is 5.56 Å². The Labute approximate surface area is 59.2 Å². The molecule has 0 saturated carbocycles. The molecule has 0 aromatic carbocycles. The molecule has 10 heavy (non-hydrogen) atoms. The number of hydrogen-bond donors (Lipinski definition) is 1. The summed E-state index contributed by atoms with van der Waals surface area (Å²) in [6.07, 6.45) is 3.26. The number of pyridine rings is 1. The molecule has 3 heteroatoms. The van der Waals surface area contributed by atoms with Crippen LogP contribution in [0.3, 0.4) is 0 Å². The summed E-state index contributed by atoms with van der Waals surface area (Å²) >= 11 is 0. The molecule has 1 N–H and O–H groups in total. The van der Waals surface area contributed by atoms with E-state index in [1.165, 1.54) is 7.11 Å². The zero-order valence-corrected chi connectivity index (χ0v) is 5.66. The van der Waals surface area contributed by atoms with Crippen molar-refractivity contribution in [3.63, 3.8) is 0 Å². The van der Waals surface area contributed by atoms with Crippen LogP contribution in [0.25, 0.3) is 0 Å². The molecule has 0 radical (unpaired) electrons. The van der Waals surface area contributed by atoms with Crippen molar-refractivity contribution >= 4 is 5.90 Å². The lowest BCUT2D eigenvalue weighted by Gasteiger charge is -1.98. The molecule has 3 nitrogen and oxygen atoms in total. The molecule has 1 aromatic heterocycles. The first kappa shape index (κ1) is 6.74. The zero-order chi connectivity index (χ0) is 7.40. The van der Waals surface area contributed by atoms with Gasteiger partial charge in [0.15, 0.2) is 0 Å². The molecule has 0 aliphatic heterocycles. The molecule has 0 unspecified atom stereocenters. The number of aromatic nitrogens is 1. The van der Waals surface area contributed by atoms with Crippen LogP contribution in [0.4, 0.5) is 0 Å². The minimum atomic E-state index is 0.169. The first-order chi connectivity index (χ1) is 4.84. The van der Waals surface area contributed by atoms with Crippen molar-refractivity contribution in [2.75, 3.05) is 7.11 Å². The van der Waals surface area contributed by atoms with Crippen LogP contribution in [-0.4, -0.2) is 18.0 Å². The van der Waals surface area contributed by atoms with E-state index < -0.39 is 0 Å². The van der Waals surface area contributed by atoms with Crippen LogP contribution in [0.5, 0.6) is 0 Å². The summed E-state index contributed by atoms with van der Waals surface area (Å²) in [7, 11) is 1.47. The van der Waals surface area contributed by atoms with Crippen LogP contribution in [0.15, 0.2) is 24.5 Å². The SMILES string of the molecule is COC(=N)c1ccncc1. The molecule has 0 saturated heterocycles. The Kier molecular flexibility index (Phi) is 1.99. The predicted octanol–water partition coefficient (Wildman–Crippen LogP) is 1.05. The van der Waals surface area contributed by atoms with E-state index in [1.54, 1.807) is 24.5 Å². The first-order valence-corrected chi connectivity index (χ1v) is 2.87. The second kappa shape index (κ2) is 2.96. The van der Waals surface area contributed by atoms with Crippen molar-refractivity contribution in [2.24, 2.45) is 0 Å². The van der Waals surface area contributed by atoms with E-state index in [2.05, 4.69) is 4.98 Å². The van der Waals surface area contributed by atoms with Crippen LogP contribution < -0.4 is 0 Å². The van der Waals surface area contributed by atoms with Crippen LogP contribution in [-0.2, 0) is 4.74 Å². The molecule has 0 fully saturated rings. The summed E-state index contributed by atoms with van der Waals surface area (Å²) in [5.74, 6) is 0.169. The summed E-state index contributed by atoms with van der Waals surface area (Å²) in [6, 6.07) is 3.46. The van der Waals surface area contributed by atoms with Gasteiger partial charge in [-0.1, -0.05) is 0 Å². The van der Waals surface area contributed by atoms with Gasteiger partial charge in [-0.2, -0.15) is 0 Å². The molecular formula is C7H8N2O. The van der Waals surface area contributed by atoms with E-state index in [4.69, 9.17) is 10.1 Å². The summed E-state index contributed by atoms with van der Waals surface area (Å²) in [5, 5.41) is 7.23. The van der Waals surface area contributed by atoms with E-state index in [-0.39, 0.29) is 5.90 Å². The standard InChI is InChI=1S/C7H8N2O/c1-10-7(8)6-2-4-9-5-3-6/h2-5,8H,1H3. The number of rotatable bonds is 1. The van der Waals surface area contributed by atoms with E-state index in [1.807, 2.05) is 0 Å². The number of nitrogens with zero attached hydrogens (tertiary/aromatic N) is 1. The number of methoxy groups -OCH3 is 1.